The normalized spacial score (nSPS) is 11.9. The van der Waals surface area contributed by atoms with Crippen LogP contribution >= 0.6 is 0 Å². The van der Waals surface area contributed by atoms with Crippen molar-refractivity contribution in [3.8, 4) is 0 Å². The van der Waals surface area contributed by atoms with E-state index in [1.807, 2.05) is 0 Å². The van der Waals surface area contributed by atoms with E-state index in [0.717, 1.165) is 0 Å². The van der Waals surface area contributed by atoms with Crippen LogP contribution in [0, 0.1) is 0 Å². The molecule has 1 atom stereocenters. The summed E-state index contributed by atoms with van der Waals surface area (Å²) >= 11 is -1.16. The number of carbonyl (C=O) groups is 1. The molecule has 2 amide bonds. The average Bonchev–Trinajstić information content (AvgIpc) is 2.16. The highest BCUT2D eigenvalue weighted by Gasteiger charge is 2.09. The fraction of sp³-hybridized carbons (Fsp3) is 0.250. The number of carbonyl (C=O) groups excluding carboxylic acids is 1. The van der Waals surface area contributed by atoms with E-state index < -0.39 is 17.2 Å². The lowest BCUT2D eigenvalue weighted by Gasteiger charge is -2.08. The molecule has 0 bridgehead atoms. The van der Waals surface area contributed by atoms with Gasteiger partial charge in [-0.1, -0.05) is 0 Å². The van der Waals surface area contributed by atoms with Crippen molar-refractivity contribution >= 4 is 28.8 Å². The molecule has 0 fully saturated rings. The van der Waals surface area contributed by atoms with E-state index in [1.165, 1.54) is 25.4 Å². The van der Waals surface area contributed by atoms with Gasteiger partial charge in [-0.05, 0) is 11.2 Å². The van der Waals surface area contributed by atoms with Gasteiger partial charge in [-0.3, -0.25) is 5.32 Å². The van der Waals surface area contributed by atoms with Crippen molar-refractivity contribution in [3.63, 3.8) is 0 Å². The monoisotopic (exact) mass is 228 g/mol. The Bertz CT molecular complexity index is 370. The molecule has 0 radical (unpaired) electrons. The van der Waals surface area contributed by atoms with Crippen LogP contribution < -0.4 is 16.4 Å². The van der Waals surface area contributed by atoms with E-state index in [0.29, 0.717) is 4.90 Å². The predicted molar refractivity (Wildman–Crippen MR) is 59.1 cm³/mol. The zero-order valence-electron chi connectivity index (χ0n) is 8.40. The highest BCUT2D eigenvalue weighted by molar-refractivity contribution is 7.90. The zero-order valence-corrected chi connectivity index (χ0v) is 9.22. The molecule has 82 valence electrons. The number of pyridine rings is 1. The van der Waals surface area contributed by atoms with Crippen LogP contribution in [0.4, 0.5) is 16.4 Å². The van der Waals surface area contributed by atoms with Crippen LogP contribution in [0.2, 0.25) is 0 Å². The summed E-state index contributed by atoms with van der Waals surface area (Å²) in [5.41, 5.74) is 5.50. The van der Waals surface area contributed by atoms with Gasteiger partial charge in [-0.2, -0.15) is 0 Å². The lowest BCUT2D eigenvalue weighted by atomic mass is 10.4. The van der Waals surface area contributed by atoms with Crippen LogP contribution in [0.1, 0.15) is 0 Å². The fourth-order valence-corrected chi connectivity index (χ4v) is 1.50. The molecule has 0 spiro atoms. The van der Waals surface area contributed by atoms with Crippen LogP contribution in [-0.4, -0.2) is 28.9 Å². The van der Waals surface area contributed by atoms with Crippen LogP contribution in [-0.2, 0) is 11.2 Å². The standard InChI is InChI=1S/C8H12N4O2S/c1-10-8(13)12-7-4-5(15(2)14)3-6(9)11-7/h3-4H,1-2H3,(H4,9,10,11,12,13). The molecule has 0 aromatic carbocycles. The molecule has 15 heavy (non-hydrogen) atoms. The second kappa shape index (κ2) is 4.85. The summed E-state index contributed by atoms with van der Waals surface area (Å²) in [5.74, 6) is 0.494. The number of rotatable bonds is 2. The minimum absolute atomic E-state index is 0.217. The molecule has 0 saturated heterocycles. The number of amides is 2. The Morgan fingerprint density at radius 3 is 2.80 bits per heavy atom. The van der Waals surface area contributed by atoms with Crippen LogP contribution in [0.5, 0.6) is 0 Å². The van der Waals surface area contributed by atoms with Crippen LogP contribution in [0.25, 0.3) is 0 Å². The summed E-state index contributed by atoms with van der Waals surface area (Å²) in [6, 6.07) is 2.62. The number of nitrogens with two attached hydrogens (primary N) is 1. The van der Waals surface area contributed by atoms with E-state index in [4.69, 9.17) is 5.73 Å². The van der Waals surface area contributed by atoms with E-state index in [9.17, 15) is 9.35 Å². The molecule has 6 nitrogen and oxygen atoms in total. The number of aromatic nitrogens is 1. The molecule has 0 aliphatic heterocycles. The van der Waals surface area contributed by atoms with Gasteiger partial charge in [0.05, 0.1) is 0 Å². The van der Waals surface area contributed by atoms with Gasteiger partial charge in [-0.25, -0.2) is 9.78 Å². The second-order valence-electron chi connectivity index (χ2n) is 2.77. The van der Waals surface area contributed by atoms with Crippen molar-refractivity contribution < 1.29 is 9.35 Å². The Hall–Kier alpha value is -1.47. The summed E-state index contributed by atoms with van der Waals surface area (Å²) in [6.45, 7) is 0. The average molecular weight is 228 g/mol. The molecule has 0 aliphatic rings. The number of hydrogen-bond acceptors (Lipinski definition) is 4. The van der Waals surface area contributed by atoms with Gasteiger partial charge < -0.3 is 15.6 Å². The largest absolute Gasteiger partial charge is 0.612 e. The van der Waals surface area contributed by atoms with Gasteiger partial charge in [0.25, 0.3) is 0 Å². The van der Waals surface area contributed by atoms with Gasteiger partial charge >= 0.3 is 6.03 Å². The Kier molecular flexibility index (Phi) is 3.75. The number of nitrogens with zero attached hydrogens (tertiary/aromatic N) is 1. The van der Waals surface area contributed by atoms with E-state index in [1.54, 1.807) is 0 Å². The third-order valence-electron chi connectivity index (χ3n) is 1.62. The lowest BCUT2D eigenvalue weighted by molar-refractivity contribution is 0.254. The Balaban J connectivity index is 2.93. The first-order chi connectivity index (χ1) is 7.02. The molecule has 0 saturated carbocycles. The molecule has 1 unspecified atom stereocenters. The first-order valence-electron chi connectivity index (χ1n) is 4.12. The Morgan fingerprint density at radius 2 is 2.27 bits per heavy atom. The molecule has 0 aliphatic carbocycles. The van der Waals surface area contributed by atoms with Gasteiger partial charge in [0.15, 0.2) is 4.90 Å². The maximum Gasteiger partial charge on any atom is 0.320 e. The smallest absolute Gasteiger partial charge is 0.320 e. The summed E-state index contributed by atoms with van der Waals surface area (Å²) in [6.07, 6.45) is 1.53. The topological polar surface area (TPSA) is 103 Å². The highest BCUT2D eigenvalue weighted by atomic mass is 32.2. The molecule has 1 aromatic heterocycles. The summed E-state index contributed by atoms with van der Waals surface area (Å²) in [7, 11) is 1.49. The van der Waals surface area contributed by atoms with Crippen molar-refractivity contribution in [2.45, 2.75) is 4.90 Å². The van der Waals surface area contributed by atoms with E-state index >= 15 is 0 Å². The number of nitrogen functional groups attached to an aromatic ring is 1. The number of anilines is 2. The van der Waals surface area contributed by atoms with Crippen molar-refractivity contribution in [1.82, 2.24) is 10.3 Å². The van der Waals surface area contributed by atoms with E-state index in [2.05, 4.69) is 15.6 Å². The van der Waals surface area contributed by atoms with Gasteiger partial charge in [0, 0.05) is 19.2 Å². The SMILES string of the molecule is CNC(=O)Nc1cc([S+](C)[O-])cc(N)n1. The predicted octanol–water partition coefficient (Wildman–Crippen LogP) is 0.152. The van der Waals surface area contributed by atoms with Gasteiger partial charge in [-0.15, -0.1) is 0 Å². The molecule has 1 aromatic rings. The van der Waals surface area contributed by atoms with Crippen molar-refractivity contribution in [2.24, 2.45) is 0 Å². The lowest BCUT2D eigenvalue weighted by Crippen LogP contribution is -2.25. The molecule has 1 heterocycles. The minimum atomic E-state index is -1.16. The highest BCUT2D eigenvalue weighted by Crippen LogP contribution is 2.16. The third-order valence-corrected chi connectivity index (χ3v) is 2.52. The fourth-order valence-electron chi connectivity index (χ4n) is 0.935. The van der Waals surface area contributed by atoms with Crippen LogP contribution in [0.3, 0.4) is 0 Å². The third kappa shape index (κ3) is 3.30. The molecular weight excluding hydrogens is 216 g/mol. The Morgan fingerprint density at radius 1 is 1.60 bits per heavy atom. The quantitative estimate of drug-likeness (QED) is 0.627. The van der Waals surface area contributed by atoms with E-state index in [-0.39, 0.29) is 11.6 Å². The second-order valence-corrected chi connectivity index (χ2v) is 4.15. The number of urea groups is 1. The molecular formula is C8H12N4O2S. The minimum Gasteiger partial charge on any atom is -0.612 e. The molecule has 7 heteroatoms. The molecule has 1 rings (SSSR count). The number of nitrogens with one attached hydrogen (secondary N) is 2. The van der Waals surface area contributed by atoms with Gasteiger partial charge in [0.1, 0.15) is 17.9 Å². The van der Waals surface area contributed by atoms with Crippen molar-refractivity contribution in [2.75, 3.05) is 24.4 Å². The van der Waals surface area contributed by atoms with Gasteiger partial charge in [0.2, 0.25) is 0 Å². The van der Waals surface area contributed by atoms with Crippen molar-refractivity contribution in [3.05, 3.63) is 12.1 Å². The first kappa shape index (κ1) is 11.6. The number of hydrogen-bond donors (Lipinski definition) is 3. The summed E-state index contributed by atoms with van der Waals surface area (Å²) in [5, 5.41) is 4.83. The first-order valence-corrected chi connectivity index (χ1v) is 5.68. The Labute approximate surface area is 90.4 Å². The zero-order chi connectivity index (χ0) is 11.4. The summed E-state index contributed by atoms with van der Waals surface area (Å²) in [4.78, 5) is 15.4. The summed E-state index contributed by atoms with van der Waals surface area (Å²) < 4.78 is 11.2. The van der Waals surface area contributed by atoms with Crippen LogP contribution in [0.15, 0.2) is 17.0 Å². The molecule has 4 N–H and O–H groups in total. The maximum absolute atomic E-state index is 11.2. The van der Waals surface area contributed by atoms with Crippen molar-refractivity contribution in [1.29, 1.82) is 0 Å². The maximum atomic E-state index is 11.2.